The first-order valence-electron chi connectivity index (χ1n) is 5.99. The molecule has 8 heteroatoms. The molecule has 1 saturated carbocycles. The Morgan fingerprint density at radius 3 is 2.60 bits per heavy atom. The van der Waals surface area contributed by atoms with E-state index in [9.17, 15) is 18.0 Å². The monoisotopic (exact) mass is 343 g/mol. The van der Waals surface area contributed by atoms with Crippen molar-refractivity contribution in [2.75, 3.05) is 12.3 Å². The fourth-order valence-electron chi connectivity index (χ4n) is 2.47. The average Bonchev–Trinajstić information content (AvgIpc) is 2.67. The quantitative estimate of drug-likeness (QED) is 0.711. The second kappa shape index (κ2) is 5.18. The van der Waals surface area contributed by atoms with Gasteiger partial charge in [-0.3, -0.25) is 9.69 Å². The number of thiocarbonyl (C=S) groups is 1. The maximum Gasteiger partial charge on any atom is 0.426 e. The van der Waals surface area contributed by atoms with E-state index in [1.165, 1.54) is 16.7 Å². The number of amides is 1. The zero-order valence-corrected chi connectivity index (χ0v) is 13.2. The highest BCUT2D eigenvalue weighted by atomic mass is 35.5. The summed E-state index contributed by atoms with van der Waals surface area (Å²) in [6.45, 7) is 4.06. The maximum absolute atomic E-state index is 12.5. The summed E-state index contributed by atoms with van der Waals surface area (Å²) in [5, 5.41) is -1.16. The zero-order chi connectivity index (χ0) is 15.3. The number of hydrogen-bond donors (Lipinski definition) is 0. The smallest absolute Gasteiger partial charge is 0.297 e. The third-order valence-electron chi connectivity index (χ3n) is 3.80. The van der Waals surface area contributed by atoms with Gasteiger partial charge in [-0.15, -0.1) is 0 Å². The molecule has 20 heavy (non-hydrogen) atoms. The first-order chi connectivity index (χ1) is 9.06. The van der Waals surface area contributed by atoms with Crippen molar-refractivity contribution in [3.63, 3.8) is 0 Å². The number of allylic oxidation sites excluding steroid dienone is 2. The molecule has 2 aliphatic rings. The molecular formula is C12H13ClF3NOS2. The Morgan fingerprint density at radius 1 is 1.55 bits per heavy atom. The number of halogens is 4. The van der Waals surface area contributed by atoms with Crippen LogP contribution in [0.15, 0.2) is 11.1 Å². The van der Waals surface area contributed by atoms with Crippen molar-refractivity contribution >= 4 is 45.8 Å². The number of nitrogens with zero attached hydrogens (tertiary/aromatic N) is 1. The van der Waals surface area contributed by atoms with Crippen LogP contribution in [-0.2, 0) is 4.79 Å². The molecule has 112 valence electrons. The van der Waals surface area contributed by atoms with Gasteiger partial charge in [-0.25, -0.2) is 0 Å². The molecule has 1 saturated heterocycles. The summed E-state index contributed by atoms with van der Waals surface area (Å²) in [5.41, 5.74) is -0.522. The number of carbonyl (C=O) groups is 1. The molecular weight excluding hydrogens is 331 g/mol. The third-order valence-corrected chi connectivity index (χ3v) is 5.57. The highest BCUT2D eigenvalue weighted by Gasteiger charge is 2.62. The van der Waals surface area contributed by atoms with Crippen LogP contribution in [0.25, 0.3) is 0 Å². The molecule has 0 bridgehead atoms. The van der Waals surface area contributed by atoms with Gasteiger partial charge in [0.2, 0.25) is 5.91 Å². The lowest BCUT2D eigenvalue weighted by molar-refractivity contribution is -0.129. The molecule has 0 unspecified atom stereocenters. The predicted molar refractivity (Wildman–Crippen MR) is 77.5 cm³/mol. The molecule has 0 aromatic heterocycles. The Morgan fingerprint density at radius 2 is 2.15 bits per heavy atom. The summed E-state index contributed by atoms with van der Waals surface area (Å²) < 4.78 is 37.9. The summed E-state index contributed by atoms with van der Waals surface area (Å²) in [4.78, 5) is 13.8. The van der Waals surface area contributed by atoms with Crippen molar-refractivity contribution in [3.05, 3.63) is 11.1 Å². The number of carbonyl (C=O) groups excluding carboxylic acids is 1. The van der Waals surface area contributed by atoms with Gasteiger partial charge in [0.25, 0.3) is 0 Å². The van der Waals surface area contributed by atoms with Gasteiger partial charge in [0.05, 0.1) is 5.92 Å². The van der Waals surface area contributed by atoms with Crippen molar-refractivity contribution in [1.29, 1.82) is 0 Å². The van der Waals surface area contributed by atoms with E-state index in [-0.39, 0.29) is 5.91 Å². The lowest BCUT2D eigenvalue weighted by Crippen LogP contribution is -2.33. The molecule has 0 aromatic carbocycles. The molecule has 1 aliphatic carbocycles. The highest BCUT2D eigenvalue weighted by Crippen LogP contribution is 2.61. The topological polar surface area (TPSA) is 20.3 Å². The minimum atomic E-state index is -4.56. The van der Waals surface area contributed by atoms with E-state index < -0.39 is 28.5 Å². The lowest BCUT2D eigenvalue weighted by Gasteiger charge is -2.15. The van der Waals surface area contributed by atoms with Crippen molar-refractivity contribution in [2.24, 2.45) is 17.3 Å². The van der Waals surface area contributed by atoms with Crippen LogP contribution in [0.3, 0.4) is 0 Å². The molecule has 2 atom stereocenters. The van der Waals surface area contributed by atoms with Crippen LogP contribution in [0.2, 0.25) is 0 Å². The Hall–Kier alpha value is -0.270. The first-order valence-corrected chi connectivity index (χ1v) is 7.76. The van der Waals surface area contributed by atoms with Crippen LogP contribution in [-0.4, -0.2) is 33.6 Å². The maximum atomic E-state index is 12.5. The molecule has 2 fully saturated rings. The van der Waals surface area contributed by atoms with Gasteiger partial charge >= 0.3 is 6.18 Å². The van der Waals surface area contributed by atoms with Gasteiger partial charge in [-0.1, -0.05) is 55.5 Å². The summed E-state index contributed by atoms with van der Waals surface area (Å²) in [5.74, 6) is -0.452. The Balaban J connectivity index is 2.14. The minimum absolute atomic E-state index is 0.196. The molecule has 1 amide bonds. The van der Waals surface area contributed by atoms with Crippen LogP contribution in [0.4, 0.5) is 13.2 Å². The Kier molecular flexibility index (Phi) is 4.17. The molecule has 0 N–H and O–H groups in total. The lowest BCUT2D eigenvalue weighted by atomic mass is 10.1. The Bertz CT molecular complexity index is 490. The molecule has 0 aromatic rings. The highest BCUT2D eigenvalue weighted by molar-refractivity contribution is 8.23. The summed E-state index contributed by atoms with van der Waals surface area (Å²) in [6, 6.07) is 0. The number of hydrogen-bond acceptors (Lipinski definition) is 3. The SMILES string of the molecule is CC1(C)[C@H](/C=C(\Cl)C(F)(F)F)[C@@H]1C(=O)N1CCSC1=S. The summed E-state index contributed by atoms with van der Waals surface area (Å²) in [6.07, 6.45) is -3.61. The van der Waals surface area contributed by atoms with Crippen molar-refractivity contribution in [3.8, 4) is 0 Å². The van der Waals surface area contributed by atoms with Crippen LogP contribution < -0.4 is 0 Å². The van der Waals surface area contributed by atoms with Crippen LogP contribution in [0.5, 0.6) is 0 Å². The van der Waals surface area contributed by atoms with Gasteiger partial charge in [-0.05, 0) is 11.3 Å². The van der Waals surface area contributed by atoms with Gasteiger partial charge in [-0.2, -0.15) is 13.2 Å². The van der Waals surface area contributed by atoms with Crippen molar-refractivity contribution in [2.45, 2.75) is 20.0 Å². The third kappa shape index (κ3) is 2.85. The van der Waals surface area contributed by atoms with Crippen LogP contribution in [0.1, 0.15) is 13.8 Å². The van der Waals surface area contributed by atoms with Gasteiger partial charge in [0.15, 0.2) is 0 Å². The summed E-state index contributed by atoms with van der Waals surface area (Å²) >= 11 is 11.7. The van der Waals surface area contributed by atoms with Crippen molar-refractivity contribution < 1.29 is 18.0 Å². The second-order valence-electron chi connectivity index (χ2n) is 5.44. The standard InChI is InChI=1S/C12H13ClF3NOS2/c1-11(2)6(5-7(13)12(14,15)16)8(11)9(18)17-3-4-20-10(17)19/h5-6,8H,3-4H2,1-2H3/b7-5-/t6-,8-/m1/s1. The minimum Gasteiger partial charge on any atom is -0.297 e. The van der Waals surface area contributed by atoms with Gasteiger partial charge < -0.3 is 0 Å². The van der Waals surface area contributed by atoms with Crippen LogP contribution >= 0.6 is 35.6 Å². The van der Waals surface area contributed by atoms with Gasteiger partial charge in [0, 0.05) is 12.3 Å². The predicted octanol–water partition coefficient (Wildman–Crippen LogP) is 3.80. The number of rotatable bonds is 2. The van der Waals surface area contributed by atoms with E-state index >= 15 is 0 Å². The average molecular weight is 344 g/mol. The second-order valence-corrected chi connectivity index (χ2v) is 7.58. The first kappa shape index (κ1) is 16.1. The van der Waals surface area contributed by atoms with E-state index in [0.29, 0.717) is 10.9 Å². The molecule has 0 spiro atoms. The van der Waals surface area contributed by atoms with Crippen molar-refractivity contribution in [1.82, 2.24) is 4.90 Å². The van der Waals surface area contributed by atoms with E-state index in [1.807, 2.05) is 0 Å². The zero-order valence-electron chi connectivity index (χ0n) is 10.8. The molecule has 2 rings (SSSR count). The fourth-order valence-corrected chi connectivity index (χ4v) is 3.83. The fraction of sp³-hybridized carbons (Fsp3) is 0.667. The van der Waals surface area contributed by atoms with E-state index in [0.717, 1.165) is 11.8 Å². The molecule has 2 nitrogen and oxygen atoms in total. The summed E-state index contributed by atoms with van der Waals surface area (Å²) in [7, 11) is 0. The number of alkyl halides is 3. The van der Waals surface area contributed by atoms with E-state index in [2.05, 4.69) is 0 Å². The van der Waals surface area contributed by atoms with Gasteiger partial charge in [0.1, 0.15) is 9.35 Å². The Labute approximate surface area is 129 Å². The van der Waals surface area contributed by atoms with E-state index in [1.54, 1.807) is 13.8 Å². The van der Waals surface area contributed by atoms with Crippen LogP contribution in [0, 0.1) is 17.3 Å². The number of thioether (sulfide) groups is 1. The molecule has 1 aliphatic heterocycles. The van der Waals surface area contributed by atoms with E-state index in [4.69, 9.17) is 23.8 Å². The molecule has 0 radical (unpaired) electrons. The normalized spacial score (nSPS) is 29.8. The largest absolute Gasteiger partial charge is 0.426 e. The molecule has 1 heterocycles.